The highest BCUT2D eigenvalue weighted by Crippen LogP contribution is 2.33. The highest BCUT2D eigenvalue weighted by atomic mass is 16.5. The largest absolute Gasteiger partial charge is 0.494 e. The number of anilines is 4. The van der Waals surface area contributed by atoms with E-state index in [4.69, 9.17) is 41.9 Å². The Balaban J connectivity index is 0.000000240. The summed E-state index contributed by atoms with van der Waals surface area (Å²) in [5.74, 6) is 2.28. The van der Waals surface area contributed by atoms with E-state index in [1.165, 1.54) is 0 Å². The van der Waals surface area contributed by atoms with Gasteiger partial charge >= 0.3 is 0 Å². The van der Waals surface area contributed by atoms with E-state index >= 15 is 0 Å². The molecule has 8 N–H and O–H groups in total. The van der Waals surface area contributed by atoms with Gasteiger partial charge in [0.05, 0.1) is 51.2 Å². The molecule has 0 fully saturated rings. The topological polar surface area (TPSA) is 141 Å². The Kier molecular flexibility index (Phi) is 6.66. The molecule has 0 radical (unpaired) electrons. The summed E-state index contributed by atoms with van der Waals surface area (Å²) in [6.07, 6.45) is 0. The lowest BCUT2D eigenvalue weighted by Crippen LogP contribution is -1.97. The molecule has 24 heavy (non-hydrogen) atoms. The van der Waals surface area contributed by atoms with Crippen LogP contribution in [-0.2, 0) is 0 Å². The van der Waals surface area contributed by atoms with E-state index in [0.29, 0.717) is 45.7 Å². The van der Waals surface area contributed by atoms with E-state index in [2.05, 4.69) is 0 Å². The van der Waals surface area contributed by atoms with Gasteiger partial charge in [-0.15, -0.1) is 0 Å². The Morgan fingerprint density at radius 1 is 0.458 bits per heavy atom. The van der Waals surface area contributed by atoms with Gasteiger partial charge < -0.3 is 41.9 Å². The molecule has 0 atom stereocenters. The molecule has 2 rings (SSSR count). The minimum absolute atomic E-state index is 0.510. The van der Waals surface area contributed by atoms with E-state index in [1.807, 2.05) is 0 Å². The molecule has 0 heterocycles. The van der Waals surface area contributed by atoms with E-state index in [-0.39, 0.29) is 0 Å². The van der Waals surface area contributed by atoms with Crippen LogP contribution in [0.3, 0.4) is 0 Å². The number of hydrogen-bond acceptors (Lipinski definition) is 8. The predicted molar refractivity (Wildman–Crippen MR) is 96.7 cm³/mol. The maximum atomic E-state index is 5.59. The summed E-state index contributed by atoms with van der Waals surface area (Å²) in [6, 6.07) is 6.53. The van der Waals surface area contributed by atoms with Crippen LogP contribution >= 0.6 is 0 Å². The number of hydrogen-bond donors (Lipinski definition) is 4. The fraction of sp³-hybridized carbons (Fsp3) is 0.250. The van der Waals surface area contributed by atoms with Crippen LogP contribution in [0.1, 0.15) is 0 Å². The molecule has 0 aliphatic heterocycles. The van der Waals surface area contributed by atoms with Crippen LogP contribution in [0.25, 0.3) is 0 Å². The minimum atomic E-state index is 0.510. The average Bonchev–Trinajstić information content (AvgIpc) is 2.56. The zero-order chi connectivity index (χ0) is 18.3. The number of ether oxygens (including phenoxy) is 4. The van der Waals surface area contributed by atoms with E-state index in [1.54, 1.807) is 52.7 Å². The Morgan fingerprint density at radius 2 is 0.667 bits per heavy atom. The van der Waals surface area contributed by atoms with Crippen LogP contribution in [0, 0.1) is 0 Å². The lowest BCUT2D eigenvalue weighted by molar-refractivity contribution is 0.397. The average molecular weight is 336 g/mol. The second kappa shape index (κ2) is 8.47. The predicted octanol–water partition coefficient (Wildman–Crippen LogP) is 1.74. The zero-order valence-corrected chi connectivity index (χ0v) is 14.3. The number of rotatable bonds is 4. The van der Waals surface area contributed by atoms with E-state index in [0.717, 1.165) is 0 Å². The van der Waals surface area contributed by atoms with Gasteiger partial charge in [0, 0.05) is 12.1 Å². The second-order valence-electron chi connectivity index (χ2n) is 4.67. The molecule has 0 saturated carbocycles. The van der Waals surface area contributed by atoms with Gasteiger partial charge in [0.2, 0.25) is 0 Å². The fourth-order valence-electron chi connectivity index (χ4n) is 1.90. The van der Waals surface area contributed by atoms with Crippen molar-refractivity contribution in [2.45, 2.75) is 0 Å². The van der Waals surface area contributed by atoms with Gasteiger partial charge in [-0.05, 0) is 12.1 Å². The number of nitrogen functional groups attached to an aromatic ring is 4. The summed E-state index contributed by atoms with van der Waals surface area (Å²) in [5.41, 5.74) is 24.4. The first-order chi connectivity index (χ1) is 11.4. The molecular formula is C16H24N4O4. The molecule has 8 nitrogen and oxygen atoms in total. The maximum Gasteiger partial charge on any atom is 0.145 e. The van der Waals surface area contributed by atoms with Gasteiger partial charge in [-0.2, -0.15) is 0 Å². The second-order valence-corrected chi connectivity index (χ2v) is 4.67. The quantitative estimate of drug-likeness (QED) is 0.619. The molecule has 0 amide bonds. The lowest BCUT2D eigenvalue weighted by Gasteiger charge is -2.09. The number of nitrogens with two attached hydrogens (primary N) is 4. The smallest absolute Gasteiger partial charge is 0.145 e. The highest BCUT2D eigenvalue weighted by Gasteiger charge is 2.06. The normalized spacial score (nSPS) is 9.50. The Hall–Kier alpha value is -3.16. The van der Waals surface area contributed by atoms with Gasteiger partial charge in [-0.1, -0.05) is 0 Å². The molecule has 0 aliphatic rings. The van der Waals surface area contributed by atoms with Crippen LogP contribution < -0.4 is 41.9 Å². The van der Waals surface area contributed by atoms with Gasteiger partial charge in [0.15, 0.2) is 0 Å². The minimum Gasteiger partial charge on any atom is -0.494 e. The highest BCUT2D eigenvalue weighted by molar-refractivity contribution is 5.68. The van der Waals surface area contributed by atoms with Crippen molar-refractivity contribution >= 4 is 22.7 Å². The molecule has 132 valence electrons. The van der Waals surface area contributed by atoms with Gasteiger partial charge in [0.25, 0.3) is 0 Å². The third-order valence-corrected chi connectivity index (χ3v) is 3.16. The van der Waals surface area contributed by atoms with Crippen molar-refractivity contribution in [3.8, 4) is 23.0 Å². The first kappa shape index (κ1) is 18.9. The van der Waals surface area contributed by atoms with Crippen LogP contribution in [-0.4, -0.2) is 28.4 Å². The molecule has 2 aromatic rings. The molecular weight excluding hydrogens is 312 g/mol. The summed E-state index contributed by atoms with van der Waals surface area (Å²) in [7, 11) is 6.17. The summed E-state index contributed by atoms with van der Waals surface area (Å²) in [5, 5.41) is 0. The maximum absolute atomic E-state index is 5.59. The van der Waals surface area contributed by atoms with Crippen LogP contribution in [0.5, 0.6) is 23.0 Å². The van der Waals surface area contributed by atoms with Crippen molar-refractivity contribution < 1.29 is 18.9 Å². The summed E-state index contributed by atoms with van der Waals surface area (Å²) < 4.78 is 19.9. The molecule has 8 heteroatoms. The van der Waals surface area contributed by atoms with Crippen molar-refractivity contribution in [1.29, 1.82) is 0 Å². The van der Waals surface area contributed by atoms with Crippen molar-refractivity contribution in [2.75, 3.05) is 51.4 Å². The van der Waals surface area contributed by atoms with Gasteiger partial charge in [0.1, 0.15) is 23.0 Å². The van der Waals surface area contributed by atoms with Gasteiger partial charge in [-0.3, -0.25) is 0 Å². The van der Waals surface area contributed by atoms with Crippen LogP contribution in [0.2, 0.25) is 0 Å². The SMILES string of the molecule is COc1cc(OC)c(N)cc1N.COc1cc(OC)c(N)cc1N. The third-order valence-electron chi connectivity index (χ3n) is 3.16. The molecule has 0 bridgehead atoms. The molecule has 0 saturated heterocycles. The fourth-order valence-corrected chi connectivity index (χ4v) is 1.90. The zero-order valence-electron chi connectivity index (χ0n) is 14.3. The number of benzene rings is 2. The van der Waals surface area contributed by atoms with E-state index < -0.39 is 0 Å². The van der Waals surface area contributed by atoms with Crippen LogP contribution in [0.4, 0.5) is 22.7 Å². The monoisotopic (exact) mass is 336 g/mol. The summed E-state index contributed by atoms with van der Waals surface area (Å²) in [4.78, 5) is 0. The Bertz CT molecular complexity index is 582. The molecule has 0 unspecified atom stereocenters. The third kappa shape index (κ3) is 4.42. The molecule has 0 aromatic heterocycles. The van der Waals surface area contributed by atoms with Crippen molar-refractivity contribution in [3.05, 3.63) is 24.3 Å². The summed E-state index contributed by atoms with van der Waals surface area (Å²) >= 11 is 0. The molecule has 0 spiro atoms. The standard InChI is InChI=1S/2C8H12N2O2/c2*1-11-7-4-8(12-2)6(10)3-5(7)9/h2*3-4H,9-10H2,1-2H3. The Labute approximate surface area is 141 Å². The Morgan fingerprint density at radius 3 is 0.833 bits per heavy atom. The van der Waals surface area contributed by atoms with Crippen LogP contribution in [0.15, 0.2) is 24.3 Å². The van der Waals surface area contributed by atoms with E-state index in [9.17, 15) is 0 Å². The first-order valence-electron chi connectivity index (χ1n) is 6.91. The summed E-state index contributed by atoms with van der Waals surface area (Å²) in [6.45, 7) is 0. The molecule has 2 aromatic carbocycles. The van der Waals surface area contributed by atoms with Gasteiger partial charge in [-0.25, -0.2) is 0 Å². The van der Waals surface area contributed by atoms with Crippen molar-refractivity contribution in [2.24, 2.45) is 0 Å². The molecule has 0 aliphatic carbocycles. The first-order valence-corrected chi connectivity index (χ1v) is 6.91. The number of methoxy groups -OCH3 is 4. The lowest BCUT2D eigenvalue weighted by atomic mass is 10.2. The van der Waals surface area contributed by atoms with Crippen molar-refractivity contribution in [3.63, 3.8) is 0 Å². The van der Waals surface area contributed by atoms with Crippen molar-refractivity contribution in [1.82, 2.24) is 0 Å².